The fraction of sp³-hybridized carbons (Fsp3) is 0.0800. The molecule has 0 fully saturated rings. The van der Waals surface area contributed by atoms with Crippen LogP contribution in [0.2, 0.25) is 0 Å². The Morgan fingerprint density at radius 3 is 2.67 bits per heavy atom. The van der Waals surface area contributed by atoms with Gasteiger partial charge in [-0.25, -0.2) is 4.98 Å². The summed E-state index contributed by atoms with van der Waals surface area (Å²) >= 11 is 0. The van der Waals surface area contributed by atoms with Crippen LogP contribution < -0.4 is 21.5 Å². The zero-order chi connectivity index (χ0) is 21.2. The molecule has 0 aliphatic carbocycles. The number of aromatic nitrogens is 1. The maximum absolute atomic E-state index is 6.13. The first-order valence-corrected chi connectivity index (χ1v) is 9.66. The summed E-state index contributed by atoms with van der Waals surface area (Å²) < 4.78 is 6.13. The summed E-state index contributed by atoms with van der Waals surface area (Å²) in [6.07, 6.45) is 8.67. The van der Waals surface area contributed by atoms with Crippen molar-refractivity contribution >= 4 is 17.1 Å². The van der Waals surface area contributed by atoms with Gasteiger partial charge in [-0.05, 0) is 53.2 Å². The molecule has 3 rings (SSSR count). The Kier molecular flexibility index (Phi) is 7.28. The van der Waals surface area contributed by atoms with Crippen molar-refractivity contribution in [3.63, 3.8) is 0 Å². The minimum Gasteiger partial charge on any atom is -0.489 e. The molecule has 30 heavy (non-hydrogen) atoms. The van der Waals surface area contributed by atoms with E-state index >= 15 is 0 Å². The number of anilines is 2. The van der Waals surface area contributed by atoms with E-state index in [1.807, 2.05) is 60.7 Å². The number of hydrogen-bond donors (Lipinski definition) is 3. The lowest BCUT2D eigenvalue weighted by Gasteiger charge is -2.15. The largest absolute Gasteiger partial charge is 0.489 e. The van der Waals surface area contributed by atoms with E-state index in [9.17, 15) is 0 Å². The van der Waals surface area contributed by atoms with Crippen molar-refractivity contribution < 1.29 is 4.74 Å². The molecule has 152 valence electrons. The van der Waals surface area contributed by atoms with E-state index in [0.717, 1.165) is 33.7 Å². The molecule has 0 aliphatic rings. The van der Waals surface area contributed by atoms with Crippen molar-refractivity contribution in [1.82, 2.24) is 4.98 Å². The van der Waals surface area contributed by atoms with E-state index in [2.05, 4.69) is 22.9 Å². The minimum atomic E-state index is 0.458. The number of hydrogen-bond acceptors (Lipinski definition) is 5. The predicted molar refractivity (Wildman–Crippen MR) is 125 cm³/mol. The summed E-state index contributed by atoms with van der Waals surface area (Å²) in [6, 6.07) is 19.9. The number of rotatable bonds is 9. The SMILES string of the molecule is C=C/C(=C\C=C/N)c1ccc(OCc2ccccc2)c(CNc2cccnc2N)c1. The van der Waals surface area contributed by atoms with Crippen LogP contribution in [0.5, 0.6) is 5.75 Å². The molecule has 5 nitrogen and oxygen atoms in total. The molecule has 0 saturated heterocycles. The highest BCUT2D eigenvalue weighted by Crippen LogP contribution is 2.27. The second kappa shape index (κ2) is 10.5. The molecule has 2 aromatic carbocycles. The third kappa shape index (κ3) is 5.52. The summed E-state index contributed by atoms with van der Waals surface area (Å²) in [5.74, 6) is 1.26. The quantitative estimate of drug-likeness (QED) is 0.447. The molecular formula is C25H26N4O. The van der Waals surface area contributed by atoms with Gasteiger partial charge < -0.3 is 21.5 Å². The van der Waals surface area contributed by atoms with Gasteiger partial charge in [0.05, 0.1) is 5.69 Å². The van der Waals surface area contributed by atoms with Crippen LogP contribution in [-0.4, -0.2) is 4.98 Å². The van der Waals surface area contributed by atoms with E-state index in [1.165, 1.54) is 6.20 Å². The van der Waals surface area contributed by atoms with Gasteiger partial charge in [-0.3, -0.25) is 0 Å². The van der Waals surface area contributed by atoms with Gasteiger partial charge in [0.2, 0.25) is 0 Å². The standard InChI is InChI=1S/C25H26N4O/c1-2-20(10-6-14-26)21-12-13-24(30-18-19-8-4-3-5-9-19)22(16-21)17-29-23-11-7-15-28-25(23)27/h2-16,29H,1,17-18,26H2,(H2,27,28)/b14-6-,20-10+. The smallest absolute Gasteiger partial charge is 0.146 e. The van der Waals surface area contributed by atoms with E-state index < -0.39 is 0 Å². The van der Waals surface area contributed by atoms with Crippen molar-refractivity contribution in [1.29, 1.82) is 0 Å². The molecule has 0 aliphatic heterocycles. The molecule has 0 unspecified atom stereocenters. The average molecular weight is 399 g/mol. The van der Waals surface area contributed by atoms with Crippen LogP contribution in [0.1, 0.15) is 16.7 Å². The first-order valence-electron chi connectivity index (χ1n) is 9.66. The van der Waals surface area contributed by atoms with Gasteiger partial charge in [0.15, 0.2) is 0 Å². The summed E-state index contributed by atoms with van der Waals surface area (Å²) in [4.78, 5) is 4.12. The summed E-state index contributed by atoms with van der Waals surface area (Å²) in [5.41, 5.74) is 16.3. The number of pyridine rings is 1. The lowest BCUT2D eigenvalue weighted by atomic mass is 10.0. The molecule has 3 aromatic rings. The van der Waals surface area contributed by atoms with Crippen molar-refractivity contribution in [3.05, 3.63) is 115 Å². The van der Waals surface area contributed by atoms with Gasteiger partial charge in [0.1, 0.15) is 18.2 Å². The lowest BCUT2D eigenvalue weighted by molar-refractivity contribution is 0.303. The normalized spacial score (nSPS) is 11.4. The lowest BCUT2D eigenvalue weighted by Crippen LogP contribution is -2.06. The van der Waals surface area contributed by atoms with Crippen LogP contribution in [0.15, 0.2) is 97.9 Å². The monoisotopic (exact) mass is 398 g/mol. The first-order chi connectivity index (χ1) is 14.7. The maximum Gasteiger partial charge on any atom is 0.146 e. The Morgan fingerprint density at radius 1 is 1.10 bits per heavy atom. The zero-order valence-electron chi connectivity index (χ0n) is 16.8. The van der Waals surface area contributed by atoms with Gasteiger partial charge in [-0.2, -0.15) is 0 Å². The molecule has 5 N–H and O–H groups in total. The molecule has 0 spiro atoms. The van der Waals surface area contributed by atoms with Gasteiger partial charge in [-0.15, -0.1) is 0 Å². The van der Waals surface area contributed by atoms with Crippen LogP contribution in [0.3, 0.4) is 0 Å². The highest BCUT2D eigenvalue weighted by molar-refractivity contribution is 5.75. The second-order valence-electron chi connectivity index (χ2n) is 6.60. The van der Waals surface area contributed by atoms with Crippen LogP contribution >= 0.6 is 0 Å². The van der Waals surface area contributed by atoms with E-state index in [1.54, 1.807) is 18.3 Å². The summed E-state index contributed by atoms with van der Waals surface area (Å²) in [6.45, 7) is 4.93. The Morgan fingerprint density at radius 2 is 1.93 bits per heavy atom. The van der Waals surface area contributed by atoms with Crippen molar-refractivity contribution in [2.24, 2.45) is 5.73 Å². The van der Waals surface area contributed by atoms with Crippen LogP contribution in [-0.2, 0) is 13.2 Å². The molecule has 0 bridgehead atoms. The molecule has 1 aromatic heterocycles. The molecule has 0 saturated carbocycles. The average Bonchev–Trinajstić information content (AvgIpc) is 2.79. The Balaban J connectivity index is 1.88. The number of nitrogens with zero attached hydrogens (tertiary/aromatic N) is 1. The molecule has 0 atom stereocenters. The number of ether oxygens (including phenoxy) is 1. The first kappa shape index (κ1) is 20.7. The topological polar surface area (TPSA) is 86.2 Å². The van der Waals surface area contributed by atoms with Crippen LogP contribution in [0.25, 0.3) is 5.57 Å². The molecule has 0 amide bonds. The van der Waals surface area contributed by atoms with Crippen molar-refractivity contribution in [3.8, 4) is 5.75 Å². The molecule has 1 heterocycles. The number of nitrogen functional groups attached to an aromatic ring is 1. The number of benzene rings is 2. The van der Waals surface area contributed by atoms with Gasteiger partial charge in [0.25, 0.3) is 0 Å². The van der Waals surface area contributed by atoms with Gasteiger partial charge in [-0.1, -0.05) is 55.1 Å². The van der Waals surface area contributed by atoms with Crippen molar-refractivity contribution in [2.45, 2.75) is 13.2 Å². The Labute approximate surface area is 177 Å². The third-order valence-electron chi connectivity index (χ3n) is 4.55. The van der Waals surface area contributed by atoms with E-state index in [0.29, 0.717) is 19.0 Å². The predicted octanol–water partition coefficient (Wildman–Crippen LogP) is 4.90. The van der Waals surface area contributed by atoms with Gasteiger partial charge >= 0.3 is 0 Å². The highest BCUT2D eigenvalue weighted by atomic mass is 16.5. The Hall–Kier alpha value is -3.99. The number of allylic oxidation sites excluding steroid dienone is 4. The molecule has 5 heteroatoms. The number of nitrogens with one attached hydrogen (secondary N) is 1. The molecular weight excluding hydrogens is 372 g/mol. The second-order valence-corrected chi connectivity index (χ2v) is 6.60. The fourth-order valence-corrected chi connectivity index (χ4v) is 2.97. The Bertz CT molecular complexity index is 1040. The van der Waals surface area contributed by atoms with E-state index in [4.69, 9.17) is 16.2 Å². The minimum absolute atomic E-state index is 0.458. The summed E-state index contributed by atoms with van der Waals surface area (Å²) in [7, 11) is 0. The maximum atomic E-state index is 6.13. The molecule has 0 radical (unpaired) electrons. The summed E-state index contributed by atoms with van der Waals surface area (Å²) in [5, 5.41) is 3.35. The zero-order valence-corrected chi connectivity index (χ0v) is 16.8. The highest BCUT2D eigenvalue weighted by Gasteiger charge is 2.09. The third-order valence-corrected chi connectivity index (χ3v) is 4.55. The van der Waals surface area contributed by atoms with Gasteiger partial charge in [0, 0.05) is 18.3 Å². The van der Waals surface area contributed by atoms with Crippen molar-refractivity contribution in [2.75, 3.05) is 11.1 Å². The fourth-order valence-electron chi connectivity index (χ4n) is 2.97. The van der Waals surface area contributed by atoms with Crippen LogP contribution in [0, 0.1) is 0 Å². The van der Waals surface area contributed by atoms with Crippen LogP contribution in [0.4, 0.5) is 11.5 Å². The van der Waals surface area contributed by atoms with E-state index in [-0.39, 0.29) is 0 Å². The number of nitrogens with two attached hydrogens (primary N) is 2.